The third-order valence-electron chi connectivity index (χ3n) is 5.63. The highest BCUT2D eigenvalue weighted by atomic mass is 16.5. The van der Waals surface area contributed by atoms with Gasteiger partial charge in [0.1, 0.15) is 0 Å². The lowest BCUT2D eigenvalue weighted by atomic mass is 9.72. The molecule has 0 unspecified atom stereocenters. The van der Waals surface area contributed by atoms with Gasteiger partial charge in [-0.25, -0.2) is 0 Å². The van der Waals surface area contributed by atoms with Gasteiger partial charge in [-0.2, -0.15) is 0 Å². The van der Waals surface area contributed by atoms with Crippen LogP contribution in [0.25, 0.3) is 0 Å². The molecule has 0 saturated heterocycles. The SMILES string of the molecule is CCCOC1=C(OCCC)[C@]2(O)C3=CCC[C@H]3C(C)(C)[C@H]2C1=O. The Balaban J connectivity index is 2.09. The standard InChI is InChI=1S/C19H28O4/c1-5-10-22-15-14(20)16-18(3,4)12-8-7-9-13(12)19(16,21)17(15)23-11-6-2/h9,12,16,21H,5-8,10-11H2,1-4H3/t12-,16-,19+/m1/s1. The average molecular weight is 320 g/mol. The van der Waals surface area contributed by atoms with E-state index in [4.69, 9.17) is 9.47 Å². The molecular weight excluding hydrogens is 292 g/mol. The van der Waals surface area contributed by atoms with Crippen molar-refractivity contribution in [1.29, 1.82) is 0 Å². The number of hydrogen-bond donors (Lipinski definition) is 1. The van der Waals surface area contributed by atoms with E-state index in [2.05, 4.69) is 19.9 Å². The molecule has 0 aliphatic heterocycles. The molecule has 0 heterocycles. The molecule has 0 bridgehead atoms. The zero-order valence-electron chi connectivity index (χ0n) is 14.6. The van der Waals surface area contributed by atoms with Crippen molar-refractivity contribution in [1.82, 2.24) is 0 Å². The zero-order chi connectivity index (χ0) is 16.8. The summed E-state index contributed by atoms with van der Waals surface area (Å²) in [5.41, 5.74) is -0.617. The largest absolute Gasteiger partial charge is 0.490 e. The first-order valence-corrected chi connectivity index (χ1v) is 8.88. The lowest BCUT2D eigenvalue weighted by molar-refractivity contribution is -0.128. The number of carbonyl (C=O) groups excluding carboxylic acids is 1. The summed E-state index contributed by atoms with van der Waals surface area (Å²) >= 11 is 0. The van der Waals surface area contributed by atoms with E-state index < -0.39 is 11.5 Å². The van der Waals surface area contributed by atoms with Gasteiger partial charge in [-0.3, -0.25) is 4.79 Å². The quantitative estimate of drug-likeness (QED) is 0.763. The Labute approximate surface area is 138 Å². The maximum Gasteiger partial charge on any atom is 0.208 e. The van der Waals surface area contributed by atoms with Gasteiger partial charge in [0, 0.05) is 0 Å². The van der Waals surface area contributed by atoms with Crippen LogP contribution in [0.4, 0.5) is 0 Å². The molecule has 0 aromatic heterocycles. The summed E-state index contributed by atoms with van der Waals surface area (Å²) in [7, 11) is 0. The van der Waals surface area contributed by atoms with Crippen molar-refractivity contribution in [2.45, 2.75) is 59.0 Å². The molecule has 1 N–H and O–H groups in total. The molecule has 23 heavy (non-hydrogen) atoms. The minimum atomic E-state index is -1.31. The van der Waals surface area contributed by atoms with Crippen molar-refractivity contribution in [2.75, 3.05) is 13.2 Å². The topological polar surface area (TPSA) is 55.8 Å². The van der Waals surface area contributed by atoms with Crippen LogP contribution in [-0.2, 0) is 14.3 Å². The molecule has 3 atom stereocenters. The van der Waals surface area contributed by atoms with E-state index in [0.29, 0.717) is 19.0 Å². The maximum atomic E-state index is 13.1. The van der Waals surface area contributed by atoms with Crippen LogP contribution in [0.5, 0.6) is 0 Å². The monoisotopic (exact) mass is 320 g/mol. The zero-order valence-corrected chi connectivity index (χ0v) is 14.6. The van der Waals surface area contributed by atoms with Gasteiger partial charge in [-0.15, -0.1) is 0 Å². The van der Waals surface area contributed by atoms with Crippen molar-refractivity contribution in [3.05, 3.63) is 23.2 Å². The second-order valence-electron chi connectivity index (χ2n) is 7.53. The minimum absolute atomic E-state index is 0.0904. The third kappa shape index (κ3) is 2.10. The fraction of sp³-hybridized carbons (Fsp3) is 0.737. The van der Waals surface area contributed by atoms with Gasteiger partial charge in [0.25, 0.3) is 0 Å². The van der Waals surface area contributed by atoms with Crippen LogP contribution in [0, 0.1) is 17.3 Å². The predicted molar refractivity (Wildman–Crippen MR) is 87.5 cm³/mol. The van der Waals surface area contributed by atoms with Crippen LogP contribution < -0.4 is 0 Å². The molecule has 4 nitrogen and oxygen atoms in total. The number of rotatable bonds is 6. The summed E-state index contributed by atoms with van der Waals surface area (Å²) in [4.78, 5) is 13.1. The van der Waals surface area contributed by atoms with Gasteiger partial charge in [-0.1, -0.05) is 33.8 Å². The number of aliphatic hydroxyl groups is 1. The van der Waals surface area contributed by atoms with Gasteiger partial charge < -0.3 is 14.6 Å². The first kappa shape index (κ1) is 16.6. The molecule has 1 fully saturated rings. The van der Waals surface area contributed by atoms with Gasteiger partial charge in [-0.05, 0) is 42.6 Å². The minimum Gasteiger partial charge on any atom is -0.490 e. The van der Waals surface area contributed by atoms with E-state index in [1.54, 1.807) is 0 Å². The summed E-state index contributed by atoms with van der Waals surface area (Å²) in [6, 6.07) is 0. The van der Waals surface area contributed by atoms with Gasteiger partial charge in [0.05, 0.1) is 19.1 Å². The molecule has 0 spiro atoms. The van der Waals surface area contributed by atoms with E-state index >= 15 is 0 Å². The molecule has 3 rings (SSSR count). The Morgan fingerprint density at radius 1 is 1.22 bits per heavy atom. The maximum absolute atomic E-state index is 13.1. The number of hydrogen-bond acceptors (Lipinski definition) is 4. The fourth-order valence-electron chi connectivity index (χ4n) is 4.73. The van der Waals surface area contributed by atoms with Crippen molar-refractivity contribution in [3.63, 3.8) is 0 Å². The summed E-state index contributed by atoms with van der Waals surface area (Å²) in [6.45, 7) is 9.15. The first-order valence-electron chi connectivity index (χ1n) is 8.88. The number of ketones is 1. The van der Waals surface area contributed by atoms with E-state index in [9.17, 15) is 9.90 Å². The Morgan fingerprint density at radius 3 is 2.52 bits per heavy atom. The van der Waals surface area contributed by atoms with Gasteiger partial charge in [0.15, 0.2) is 11.4 Å². The molecule has 0 radical (unpaired) electrons. The number of allylic oxidation sites excluding steroid dienone is 2. The Morgan fingerprint density at radius 2 is 1.87 bits per heavy atom. The molecule has 3 aliphatic carbocycles. The molecule has 0 amide bonds. The number of fused-ring (bicyclic) bond motifs is 3. The molecular formula is C19H28O4. The van der Waals surface area contributed by atoms with Crippen molar-refractivity contribution < 1.29 is 19.4 Å². The van der Waals surface area contributed by atoms with Crippen LogP contribution in [0.2, 0.25) is 0 Å². The van der Waals surface area contributed by atoms with E-state index in [-0.39, 0.29) is 22.9 Å². The second kappa shape index (κ2) is 5.66. The highest BCUT2D eigenvalue weighted by molar-refractivity contribution is 6.02. The number of carbonyl (C=O) groups is 1. The Hall–Kier alpha value is -1.29. The van der Waals surface area contributed by atoms with E-state index in [0.717, 1.165) is 31.3 Å². The second-order valence-corrected chi connectivity index (χ2v) is 7.53. The average Bonchev–Trinajstić information content (AvgIpc) is 3.11. The molecule has 0 aromatic rings. The summed E-state index contributed by atoms with van der Waals surface area (Å²) in [5, 5.41) is 11.6. The number of Topliss-reactive ketones (excluding diaryl/α,β-unsaturated/α-hetero) is 1. The lowest BCUT2D eigenvalue weighted by Crippen LogP contribution is -2.41. The summed E-state index contributed by atoms with van der Waals surface area (Å²) in [6.07, 6.45) is 5.71. The third-order valence-corrected chi connectivity index (χ3v) is 5.63. The summed E-state index contributed by atoms with van der Waals surface area (Å²) in [5.74, 6) is 0.283. The Bertz CT molecular complexity index is 572. The van der Waals surface area contributed by atoms with Gasteiger partial charge >= 0.3 is 0 Å². The first-order chi connectivity index (χ1) is 10.9. The van der Waals surface area contributed by atoms with Crippen molar-refractivity contribution in [2.24, 2.45) is 17.3 Å². The van der Waals surface area contributed by atoms with Crippen LogP contribution in [0.1, 0.15) is 53.4 Å². The van der Waals surface area contributed by atoms with Crippen LogP contribution in [0.3, 0.4) is 0 Å². The van der Waals surface area contributed by atoms with Crippen LogP contribution in [0.15, 0.2) is 23.2 Å². The lowest BCUT2D eigenvalue weighted by Gasteiger charge is -2.32. The fourth-order valence-corrected chi connectivity index (χ4v) is 4.73. The molecule has 128 valence electrons. The highest BCUT2D eigenvalue weighted by Crippen LogP contribution is 2.65. The van der Waals surface area contributed by atoms with Crippen molar-refractivity contribution in [3.8, 4) is 0 Å². The van der Waals surface area contributed by atoms with Gasteiger partial charge in [0.2, 0.25) is 11.5 Å². The smallest absolute Gasteiger partial charge is 0.208 e. The number of ether oxygens (including phenoxy) is 2. The predicted octanol–water partition coefficient (Wildman–Crippen LogP) is 3.36. The molecule has 3 aliphatic rings. The molecule has 0 aromatic carbocycles. The van der Waals surface area contributed by atoms with E-state index in [1.165, 1.54) is 0 Å². The van der Waals surface area contributed by atoms with Crippen LogP contribution >= 0.6 is 0 Å². The summed E-state index contributed by atoms with van der Waals surface area (Å²) < 4.78 is 11.6. The van der Waals surface area contributed by atoms with E-state index in [1.807, 2.05) is 13.8 Å². The normalized spacial score (nSPS) is 34.5. The molecule has 1 saturated carbocycles. The highest BCUT2D eigenvalue weighted by Gasteiger charge is 2.71. The van der Waals surface area contributed by atoms with Crippen molar-refractivity contribution >= 4 is 5.78 Å². The van der Waals surface area contributed by atoms with Crippen LogP contribution in [-0.4, -0.2) is 29.7 Å². The Kier molecular flexibility index (Phi) is 4.07. The molecule has 4 heteroatoms.